The molecule has 1 aromatic rings. The number of hydrogen-bond donors (Lipinski definition) is 3. The Bertz CT molecular complexity index is 346. The number of nitrogens with zero attached hydrogens (tertiary/aromatic N) is 2. The van der Waals surface area contributed by atoms with Crippen molar-refractivity contribution in [2.45, 2.75) is 19.9 Å². The summed E-state index contributed by atoms with van der Waals surface area (Å²) in [5, 5.41) is 17.1. The van der Waals surface area contributed by atoms with E-state index in [1.807, 2.05) is 0 Å². The summed E-state index contributed by atoms with van der Waals surface area (Å²) in [5.41, 5.74) is 0. The monoisotopic (exact) mass is 198 g/mol. The smallest absolute Gasteiger partial charge is 0.311 e. The minimum absolute atomic E-state index is 0.179. The van der Waals surface area contributed by atoms with Crippen molar-refractivity contribution in [1.29, 1.82) is 0 Å². The lowest BCUT2D eigenvalue weighted by Gasteiger charge is -1.95. The fourth-order valence-electron chi connectivity index (χ4n) is 0.836. The number of carboxylic acids is 1. The molecular weight excluding hydrogens is 188 g/mol. The molecule has 14 heavy (non-hydrogen) atoms. The van der Waals surface area contributed by atoms with E-state index < -0.39 is 5.97 Å². The van der Waals surface area contributed by atoms with Gasteiger partial charge in [0, 0.05) is 6.92 Å². The minimum atomic E-state index is -0.991. The van der Waals surface area contributed by atoms with Gasteiger partial charge in [0.05, 0.1) is 6.54 Å². The maximum Gasteiger partial charge on any atom is 0.311 e. The van der Waals surface area contributed by atoms with Gasteiger partial charge >= 0.3 is 5.97 Å². The Labute approximate surface area is 79.5 Å². The van der Waals surface area contributed by atoms with Gasteiger partial charge in [-0.25, -0.2) is 4.98 Å². The van der Waals surface area contributed by atoms with E-state index in [-0.39, 0.29) is 24.7 Å². The molecule has 0 aliphatic rings. The van der Waals surface area contributed by atoms with Crippen molar-refractivity contribution in [3.05, 3.63) is 11.6 Å². The normalized spacial score (nSPS) is 9.79. The van der Waals surface area contributed by atoms with Crippen molar-refractivity contribution >= 4 is 11.9 Å². The summed E-state index contributed by atoms with van der Waals surface area (Å²) in [6.07, 6.45) is -0.226. The molecule has 7 nitrogen and oxygen atoms in total. The van der Waals surface area contributed by atoms with Crippen molar-refractivity contribution < 1.29 is 14.7 Å². The number of carbonyl (C=O) groups excluding carboxylic acids is 1. The van der Waals surface area contributed by atoms with Crippen LogP contribution >= 0.6 is 0 Å². The zero-order chi connectivity index (χ0) is 10.6. The van der Waals surface area contributed by atoms with E-state index in [4.69, 9.17) is 5.11 Å². The van der Waals surface area contributed by atoms with Crippen LogP contribution in [0, 0.1) is 0 Å². The largest absolute Gasteiger partial charge is 0.481 e. The Morgan fingerprint density at radius 3 is 2.86 bits per heavy atom. The Morgan fingerprint density at radius 2 is 2.29 bits per heavy atom. The lowest BCUT2D eigenvalue weighted by molar-refractivity contribution is -0.136. The molecule has 0 bridgehead atoms. The average Bonchev–Trinajstić information content (AvgIpc) is 2.47. The van der Waals surface area contributed by atoms with E-state index in [9.17, 15) is 9.59 Å². The van der Waals surface area contributed by atoms with Crippen molar-refractivity contribution in [2.75, 3.05) is 0 Å². The van der Waals surface area contributed by atoms with Gasteiger partial charge < -0.3 is 10.4 Å². The number of carbonyl (C=O) groups is 2. The molecule has 1 rings (SSSR count). The van der Waals surface area contributed by atoms with Gasteiger partial charge in [-0.15, -0.1) is 0 Å². The molecule has 0 aliphatic heterocycles. The number of carboxylic acid groups (broad SMARTS) is 1. The molecule has 0 saturated carbocycles. The quantitative estimate of drug-likeness (QED) is 0.579. The molecular formula is C7H10N4O3. The molecule has 0 aromatic carbocycles. The van der Waals surface area contributed by atoms with Crippen molar-refractivity contribution in [1.82, 2.24) is 20.5 Å². The summed E-state index contributed by atoms with van der Waals surface area (Å²) >= 11 is 0. The standard InChI is InChI=1S/C7H10N4O3/c1-4(12)8-3-6-9-5(10-11-6)2-7(13)14/h2-3H2,1H3,(H,8,12)(H,13,14)(H,9,10,11). The second-order valence-corrected chi connectivity index (χ2v) is 2.68. The number of rotatable bonds is 4. The first-order chi connectivity index (χ1) is 6.58. The van der Waals surface area contributed by atoms with E-state index in [0.29, 0.717) is 5.82 Å². The number of nitrogens with one attached hydrogen (secondary N) is 2. The lowest BCUT2D eigenvalue weighted by atomic mass is 10.4. The second-order valence-electron chi connectivity index (χ2n) is 2.68. The van der Waals surface area contributed by atoms with Gasteiger partial charge in [-0.05, 0) is 0 Å². The first-order valence-electron chi connectivity index (χ1n) is 3.94. The third kappa shape index (κ3) is 3.21. The summed E-state index contributed by atoms with van der Waals surface area (Å²) in [6.45, 7) is 1.61. The average molecular weight is 198 g/mol. The molecule has 0 fully saturated rings. The van der Waals surface area contributed by atoms with E-state index in [1.54, 1.807) is 0 Å². The van der Waals surface area contributed by atoms with Gasteiger partial charge in [-0.3, -0.25) is 14.7 Å². The Hall–Kier alpha value is -1.92. The highest BCUT2D eigenvalue weighted by Crippen LogP contribution is 1.93. The van der Waals surface area contributed by atoms with Crippen molar-refractivity contribution in [3.8, 4) is 0 Å². The summed E-state index contributed by atoms with van der Waals surface area (Å²) in [5.74, 6) is -0.523. The van der Waals surface area contributed by atoms with Crippen LogP contribution < -0.4 is 5.32 Å². The minimum Gasteiger partial charge on any atom is -0.481 e. The first-order valence-corrected chi connectivity index (χ1v) is 3.94. The van der Waals surface area contributed by atoms with E-state index >= 15 is 0 Å². The zero-order valence-corrected chi connectivity index (χ0v) is 7.57. The number of hydrogen-bond acceptors (Lipinski definition) is 4. The van der Waals surface area contributed by atoms with Crippen LogP contribution in [0.4, 0.5) is 0 Å². The second kappa shape index (κ2) is 4.35. The van der Waals surface area contributed by atoms with Gasteiger partial charge in [0.1, 0.15) is 12.2 Å². The van der Waals surface area contributed by atoms with Gasteiger partial charge in [-0.2, -0.15) is 5.10 Å². The third-order valence-electron chi connectivity index (χ3n) is 1.39. The fraction of sp³-hybridized carbons (Fsp3) is 0.429. The maximum absolute atomic E-state index is 10.5. The van der Waals surface area contributed by atoms with Crippen molar-refractivity contribution in [3.63, 3.8) is 0 Å². The summed E-state index contributed by atoms with van der Waals surface area (Å²) in [6, 6.07) is 0. The SMILES string of the molecule is CC(=O)NCc1nc(CC(=O)O)n[nH]1. The van der Waals surface area contributed by atoms with Crippen LogP contribution in [0.3, 0.4) is 0 Å². The topological polar surface area (TPSA) is 108 Å². The molecule has 1 amide bonds. The van der Waals surface area contributed by atoms with E-state index in [0.717, 1.165) is 0 Å². The molecule has 76 valence electrons. The molecule has 0 aliphatic carbocycles. The highest BCUT2D eigenvalue weighted by molar-refractivity contribution is 5.72. The van der Waals surface area contributed by atoms with E-state index in [1.165, 1.54) is 6.92 Å². The van der Waals surface area contributed by atoms with Crippen LogP contribution in [0.25, 0.3) is 0 Å². The zero-order valence-electron chi connectivity index (χ0n) is 7.57. The number of aromatic amines is 1. The van der Waals surface area contributed by atoms with Crippen LogP contribution in [0.15, 0.2) is 0 Å². The van der Waals surface area contributed by atoms with Crippen LogP contribution in [-0.4, -0.2) is 32.2 Å². The molecule has 0 atom stereocenters. The third-order valence-corrected chi connectivity index (χ3v) is 1.39. The molecule has 7 heteroatoms. The summed E-state index contributed by atoms with van der Waals surface area (Å²) in [4.78, 5) is 24.7. The Balaban J connectivity index is 2.50. The Morgan fingerprint density at radius 1 is 1.57 bits per heavy atom. The molecule has 0 saturated heterocycles. The van der Waals surface area contributed by atoms with Gasteiger partial charge in [0.2, 0.25) is 5.91 Å². The number of amides is 1. The number of H-pyrrole nitrogens is 1. The maximum atomic E-state index is 10.5. The van der Waals surface area contributed by atoms with Crippen LogP contribution in [0.1, 0.15) is 18.6 Å². The van der Waals surface area contributed by atoms with Crippen LogP contribution in [0.5, 0.6) is 0 Å². The van der Waals surface area contributed by atoms with E-state index in [2.05, 4.69) is 20.5 Å². The molecule has 0 radical (unpaired) electrons. The predicted octanol–water partition coefficient (Wildman–Crippen LogP) is -0.932. The van der Waals surface area contributed by atoms with Gasteiger partial charge in [0.15, 0.2) is 5.82 Å². The molecule has 1 heterocycles. The van der Waals surface area contributed by atoms with Crippen LogP contribution in [0.2, 0.25) is 0 Å². The predicted molar refractivity (Wildman–Crippen MR) is 45.2 cm³/mol. The lowest BCUT2D eigenvalue weighted by Crippen LogP contribution is -2.19. The fourth-order valence-corrected chi connectivity index (χ4v) is 0.836. The number of aliphatic carboxylic acids is 1. The summed E-state index contributed by atoms with van der Waals surface area (Å²) in [7, 11) is 0. The van der Waals surface area contributed by atoms with Gasteiger partial charge in [0.25, 0.3) is 0 Å². The molecule has 0 unspecified atom stereocenters. The Kier molecular flexibility index (Phi) is 3.16. The van der Waals surface area contributed by atoms with Crippen LogP contribution in [-0.2, 0) is 22.6 Å². The molecule has 3 N–H and O–H groups in total. The first kappa shape index (κ1) is 10.2. The van der Waals surface area contributed by atoms with Gasteiger partial charge in [-0.1, -0.05) is 0 Å². The van der Waals surface area contributed by atoms with Crippen molar-refractivity contribution in [2.24, 2.45) is 0 Å². The highest BCUT2D eigenvalue weighted by Gasteiger charge is 2.07. The number of aromatic nitrogens is 3. The highest BCUT2D eigenvalue weighted by atomic mass is 16.4. The molecule has 1 aromatic heterocycles. The molecule has 0 spiro atoms. The summed E-state index contributed by atoms with van der Waals surface area (Å²) < 4.78 is 0.